The zero-order chi connectivity index (χ0) is 71.3. The first-order chi connectivity index (χ1) is 43.9. The molecule has 514 valence electrons. The Kier molecular flexibility index (Phi) is 21.1. The number of rotatable bonds is 16. The van der Waals surface area contributed by atoms with Gasteiger partial charge in [0.2, 0.25) is 0 Å². The normalized spacial score (nSPS) is 13.9. The maximum atomic E-state index is 7.67. The monoisotopic (exact) mass is 1460 g/mol. The maximum absolute atomic E-state index is 7.67. The van der Waals surface area contributed by atoms with Crippen LogP contribution in [-0.2, 0) is 19.5 Å². The quantitative estimate of drug-likeness (QED) is 0.0868. The van der Waals surface area contributed by atoms with Crippen LogP contribution in [0.5, 0.6) is 34.5 Å². The molecule has 97 heavy (non-hydrogen) atoms. The minimum Gasteiger partial charge on any atom is -0.657 e. The van der Waals surface area contributed by atoms with Crippen molar-refractivity contribution in [2.45, 2.75) is 233 Å². The molecule has 0 spiro atoms. The second-order valence-electron chi connectivity index (χ2n) is 35.8. The fourth-order valence-corrected chi connectivity index (χ4v) is 16.3. The molecule has 9 rings (SSSR count). The van der Waals surface area contributed by atoms with Crippen molar-refractivity contribution in [3.8, 4) is 79.0 Å². The van der Waals surface area contributed by atoms with Gasteiger partial charge in [0.1, 0.15) is 34.5 Å². The van der Waals surface area contributed by atoms with E-state index in [4.69, 9.17) is 46.5 Å². The fraction of sp³-hybridized carbons (Fsp3) is 0.450. The van der Waals surface area contributed by atoms with Gasteiger partial charge in [-0.2, -0.15) is 0 Å². The molecule has 0 N–H and O–H groups in total. The molecule has 0 radical (unpaired) electrons. The van der Waals surface area contributed by atoms with E-state index in [0.717, 1.165) is 90.2 Å². The summed E-state index contributed by atoms with van der Waals surface area (Å²) in [5.74, 6) is 4.35. The van der Waals surface area contributed by atoms with Gasteiger partial charge in [-0.3, -0.25) is 0 Å². The molecular formula is C80H112N4O6Si6Zn. The molecule has 8 bridgehead atoms. The Bertz CT molecular complexity index is 4090. The van der Waals surface area contributed by atoms with E-state index in [2.05, 4.69) is 337 Å². The van der Waals surface area contributed by atoms with E-state index in [1.165, 1.54) is 0 Å². The summed E-state index contributed by atoms with van der Waals surface area (Å²) in [4.78, 5) is 23.7. The molecular weight excluding hydrogens is 1350 g/mol. The molecule has 0 unspecified atom stereocenters. The van der Waals surface area contributed by atoms with Crippen LogP contribution in [0.15, 0.2) is 109 Å². The molecule has 4 aromatic carbocycles. The first kappa shape index (κ1) is 77.0. The third kappa shape index (κ3) is 15.6. The average molecular weight is 1460 g/mol. The summed E-state index contributed by atoms with van der Waals surface area (Å²) < 4.78 is 45.7. The van der Waals surface area contributed by atoms with E-state index in [1.807, 2.05) is 0 Å². The smallest absolute Gasteiger partial charge is 0.657 e. The predicted molar refractivity (Wildman–Crippen MR) is 425 cm³/mol. The Morgan fingerprint density at radius 2 is 0.443 bits per heavy atom. The Morgan fingerprint density at radius 3 is 0.649 bits per heavy atom. The molecule has 7 aromatic rings. The van der Waals surface area contributed by atoms with Crippen molar-refractivity contribution in [1.82, 2.24) is 19.9 Å². The van der Waals surface area contributed by atoms with E-state index in [1.54, 1.807) is 0 Å². The minimum atomic E-state index is -2.59. The van der Waals surface area contributed by atoms with Crippen molar-refractivity contribution >= 4 is 96.3 Å². The molecule has 17 heteroatoms. The Morgan fingerprint density at radius 1 is 0.247 bits per heavy atom. The maximum Gasteiger partial charge on any atom is 2.00 e. The molecule has 2 aliphatic heterocycles. The minimum absolute atomic E-state index is 0. The zero-order valence-corrected chi connectivity index (χ0v) is 73.6. The first-order valence-electron chi connectivity index (χ1n) is 34.5. The van der Waals surface area contributed by atoms with Gasteiger partial charge in [-0.05, 0) is 181 Å². The summed E-state index contributed by atoms with van der Waals surface area (Å²) in [5, 5.41) is -0.846. The van der Waals surface area contributed by atoms with Crippen LogP contribution in [0.3, 0.4) is 0 Å². The van der Waals surface area contributed by atoms with Gasteiger partial charge in [0.25, 0.3) is 49.9 Å². The van der Waals surface area contributed by atoms with Crippen molar-refractivity contribution in [3.05, 3.63) is 132 Å². The second-order valence-corrected chi connectivity index (χ2v) is 64.1. The van der Waals surface area contributed by atoms with Crippen LogP contribution in [0.25, 0.3) is 90.9 Å². The van der Waals surface area contributed by atoms with Crippen LogP contribution in [0, 0.1) is 0 Å². The fourth-order valence-electron chi connectivity index (χ4n) is 10.1. The van der Waals surface area contributed by atoms with Gasteiger partial charge < -0.3 is 36.5 Å². The summed E-state index contributed by atoms with van der Waals surface area (Å²) in [7, 11) is -15.4. The van der Waals surface area contributed by atoms with Crippen LogP contribution in [-0.4, -0.2) is 59.9 Å². The number of hydrogen-bond donors (Lipinski definition) is 0. The van der Waals surface area contributed by atoms with Gasteiger partial charge in [0.05, 0.1) is 39.5 Å². The number of nitrogens with zero attached hydrogens (tertiary/aromatic N) is 4. The molecule has 3 aromatic heterocycles. The van der Waals surface area contributed by atoms with Gasteiger partial charge in [-0.25, -0.2) is 9.97 Å². The van der Waals surface area contributed by atoms with E-state index < -0.39 is 49.9 Å². The van der Waals surface area contributed by atoms with Crippen LogP contribution >= 0.6 is 0 Å². The Hall–Kier alpha value is -5.80. The van der Waals surface area contributed by atoms with E-state index >= 15 is 0 Å². The predicted octanol–water partition coefficient (Wildman–Crippen LogP) is 24.9. The number of hydrogen-bond acceptors (Lipinski definition) is 8. The van der Waals surface area contributed by atoms with Crippen molar-refractivity contribution < 1.29 is 46.0 Å². The number of aromatic nitrogens is 4. The zero-order valence-electron chi connectivity index (χ0n) is 64.6. The summed E-state index contributed by atoms with van der Waals surface area (Å²) in [5.41, 5.74) is 12.3. The second kappa shape index (κ2) is 26.6. The van der Waals surface area contributed by atoms with Crippen LogP contribution in [0.2, 0.25) is 109 Å². The summed E-state index contributed by atoms with van der Waals surface area (Å²) >= 11 is 0. The molecule has 5 heterocycles. The van der Waals surface area contributed by atoms with Gasteiger partial charge in [0, 0.05) is 16.7 Å². The van der Waals surface area contributed by atoms with Crippen molar-refractivity contribution in [2.75, 3.05) is 0 Å². The van der Waals surface area contributed by atoms with Gasteiger partial charge >= 0.3 is 19.5 Å². The summed E-state index contributed by atoms with van der Waals surface area (Å²) in [6, 6.07) is 38.0. The first-order valence-corrected chi connectivity index (χ1v) is 52.0. The third-order valence-electron chi connectivity index (χ3n) is 22.4. The van der Waals surface area contributed by atoms with Gasteiger partial charge in [0.15, 0.2) is 0 Å². The molecule has 2 aliphatic rings. The van der Waals surface area contributed by atoms with Crippen LogP contribution in [0.1, 0.15) is 147 Å². The van der Waals surface area contributed by atoms with Gasteiger partial charge in [-0.1, -0.05) is 197 Å². The van der Waals surface area contributed by atoms with E-state index in [-0.39, 0.29) is 49.7 Å². The molecule has 0 amide bonds. The molecule has 0 saturated carbocycles. The van der Waals surface area contributed by atoms with Crippen LogP contribution < -0.4 is 36.5 Å². The Labute approximate surface area is 602 Å². The molecule has 10 nitrogen and oxygen atoms in total. The van der Waals surface area contributed by atoms with E-state index in [0.29, 0.717) is 33.6 Å². The molecule has 0 aliphatic carbocycles. The average Bonchev–Trinajstić information content (AvgIpc) is 1.72. The van der Waals surface area contributed by atoms with E-state index in [9.17, 15) is 0 Å². The third-order valence-corrected chi connectivity index (χ3v) is 48.5. The standard InChI is InChI=1S/C80H112N4O6Si6.Zn/c1-75(2,3)91(19,20)85-62-39-34-40-63(86-92(21,22)76(4,5)6)72(62)69-56-47-45-54(81-56)68(53-37-32-31-33-38-53)55-46-48-57(82-55)70(73-64(87-93(23,24)77(7,8)9)41-35-42-65(73)88-94(25,26)78(10,11)12)59-50-52-61(84-59)71(60-51-49-58(69)83-60)74-66(89-95(27,28)79(13,14)15)43-36-44-67(74)90-96(29,30)80(16,17)18;/h31-52H,1-30H3;/q-2;+2. The van der Waals surface area contributed by atoms with Crippen molar-refractivity contribution in [2.24, 2.45) is 0 Å². The number of fused-ring (bicyclic) bond motifs is 8. The summed E-state index contributed by atoms with van der Waals surface area (Å²) in [6.07, 6.45) is 8.58. The Balaban J connectivity index is 0.0000120. The molecule has 0 atom stereocenters. The molecule has 0 fully saturated rings. The van der Waals surface area contributed by atoms with Crippen molar-refractivity contribution in [3.63, 3.8) is 0 Å². The topological polar surface area (TPSA) is 109 Å². The number of benzene rings is 4. The van der Waals surface area contributed by atoms with Crippen molar-refractivity contribution in [1.29, 1.82) is 0 Å². The largest absolute Gasteiger partial charge is 2.00 e. The SMILES string of the molecule is CC(C)(C)[Si](C)(C)Oc1cccc(O[Si](C)(C)C(C)(C)C)c1-c1c2nc(c(-c3c(O[Si](C)(C)C(C)(C)C)cccc3O[Si](C)(C)C(C)(C)C)c3ccc([n-]3)c(-c3c(O[Si](C)(C)C(C)(C)C)cccc3O[Si](C)(C)C(C)(C)C)c3nc(c(-c4ccccc4)c4ccc1[n-]4)C=C3)C=C2.[Zn+2]. The summed E-state index contributed by atoms with van der Waals surface area (Å²) in [6.45, 7) is 68.9. The van der Waals surface area contributed by atoms with Gasteiger partial charge in [-0.15, -0.1) is 22.1 Å². The molecule has 0 saturated heterocycles. The van der Waals surface area contributed by atoms with Crippen LogP contribution in [0.4, 0.5) is 0 Å².